The van der Waals surface area contributed by atoms with Crippen molar-refractivity contribution >= 4 is 11.9 Å². The van der Waals surface area contributed by atoms with Gasteiger partial charge in [0.2, 0.25) is 0 Å². The molecule has 2 rings (SSSR count). The fourth-order valence-corrected chi connectivity index (χ4v) is 2.78. The van der Waals surface area contributed by atoms with Crippen molar-refractivity contribution in [2.75, 3.05) is 13.1 Å². The second kappa shape index (κ2) is 8.67. The summed E-state index contributed by atoms with van der Waals surface area (Å²) in [6, 6.07) is 10.3. The van der Waals surface area contributed by atoms with Crippen LogP contribution >= 0.6 is 0 Å². The van der Waals surface area contributed by atoms with Crippen LogP contribution in [0.4, 0.5) is 0 Å². The molecule has 1 atom stereocenters. The summed E-state index contributed by atoms with van der Waals surface area (Å²) in [6.45, 7) is 6.32. The van der Waals surface area contributed by atoms with Crippen molar-refractivity contribution in [3.05, 3.63) is 35.9 Å². The second-order valence-electron chi connectivity index (χ2n) is 6.24. The summed E-state index contributed by atoms with van der Waals surface area (Å²) in [4.78, 5) is 14.2. The number of hydrogen-bond donors (Lipinski definition) is 1. The van der Waals surface area contributed by atoms with Gasteiger partial charge in [0.15, 0.2) is 5.90 Å². The number of rotatable bonds is 6. The van der Waals surface area contributed by atoms with Gasteiger partial charge in [-0.2, -0.15) is 0 Å². The molecule has 1 heterocycles. The Hall–Kier alpha value is -1.88. The molecule has 1 aliphatic heterocycles. The van der Waals surface area contributed by atoms with Gasteiger partial charge in [-0.05, 0) is 38.8 Å². The van der Waals surface area contributed by atoms with Crippen LogP contribution in [0.5, 0.6) is 0 Å². The number of carbonyl (C=O) groups excluding carboxylic acids is 1. The Morgan fingerprint density at radius 2 is 2.09 bits per heavy atom. The zero-order valence-electron chi connectivity index (χ0n) is 14.0. The highest BCUT2D eigenvalue weighted by molar-refractivity contribution is 5.92. The Morgan fingerprint density at radius 1 is 1.35 bits per heavy atom. The molecule has 0 aliphatic carbocycles. The predicted molar refractivity (Wildman–Crippen MR) is 89.4 cm³/mol. The van der Waals surface area contributed by atoms with Crippen molar-refractivity contribution in [1.29, 1.82) is 5.41 Å². The lowest BCUT2D eigenvalue weighted by Gasteiger charge is -2.32. The fraction of sp³-hybridized carbons (Fsp3) is 0.556. The monoisotopic (exact) mass is 318 g/mol. The minimum absolute atomic E-state index is 0.0260. The molecule has 126 valence electrons. The number of benzene rings is 1. The molecule has 0 aromatic heterocycles. The topological polar surface area (TPSA) is 62.6 Å². The van der Waals surface area contributed by atoms with E-state index in [9.17, 15) is 4.79 Å². The van der Waals surface area contributed by atoms with E-state index in [1.807, 2.05) is 32.0 Å². The zero-order valence-corrected chi connectivity index (χ0v) is 14.0. The molecule has 1 aromatic rings. The predicted octanol–water partition coefficient (Wildman–Crippen LogP) is 2.99. The maximum Gasteiger partial charge on any atom is 0.315 e. The van der Waals surface area contributed by atoms with E-state index in [1.54, 1.807) is 0 Å². The molecular formula is C18H26N2O3. The van der Waals surface area contributed by atoms with Crippen LogP contribution in [0.1, 0.15) is 38.7 Å². The third kappa shape index (κ3) is 6.40. The summed E-state index contributed by atoms with van der Waals surface area (Å²) in [6.07, 6.45) is 1.63. The highest BCUT2D eigenvalue weighted by atomic mass is 16.5. The molecule has 1 N–H and O–H groups in total. The molecule has 0 radical (unpaired) electrons. The van der Waals surface area contributed by atoms with Gasteiger partial charge in [0.25, 0.3) is 0 Å². The smallest absolute Gasteiger partial charge is 0.315 e. The van der Waals surface area contributed by atoms with Gasteiger partial charge in [-0.15, -0.1) is 0 Å². The number of carbonyl (C=O) groups is 1. The summed E-state index contributed by atoms with van der Waals surface area (Å²) in [5, 5.41) is 7.62. The van der Waals surface area contributed by atoms with Gasteiger partial charge >= 0.3 is 5.97 Å². The minimum Gasteiger partial charge on any atom is -0.478 e. The van der Waals surface area contributed by atoms with Gasteiger partial charge in [-0.3, -0.25) is 15.1 Å². The molecule has 1 aromatic carbocycles. The Morgan fingerprint density at radius 3 is 2.78 bits per heavy atom. The van der Waals surface area contributed by atoms with E-state index in [-0.39, 0.29) is 30.5 Å². The molecule has 23 heavy (non-hydrogen) atoms. The van der Waals surface area contributed by atoms with E-state index in [4.69, 9.17) is 14.9 Å². The van der Waals surface area contributed by atoms with Crippen LogP contribution in [-0.2, 0) is 20.8 Å². The van der Waals surface area contributed by atoms with E-state index < -0.39 is 0 Å². The van der Waals surface area contributed by atoms with Gasteiger partial charge in [-0.25, -0.2) is 0 Å². The van der Waals surface area contributed by atoms with E-state index in [2.05, 4.69) is 17.0 Å². The summed E-state index contributed by atoms with van der Waals surface area (Å²) in [7, 11) is 0. The van der Waals surface area contributed by atoms with Crippen LogP contribution in [0.25, 0.3) is 0 Å². The van der Waals surface area contributed by atoms with Crippen molar-refractivity contribution in [3.63, 3.8) is 0 Å². The number of esters is 1. The molecule has 5 heteroatoms. The SMILES string of the molecule is CC(C)OC(=N)CC(=O)OC1CCCN(Cc2ccccc2)C1. The van der Waals surface area contributed by atoms with Crippen LogP contribution in [0.15, 0.2) is 30.3 Å². The average Bonchev–Trinajstić information content (AvgIpc) is 2.47. The van der Waals surface area contributed by atoms with Crippen molar-refractivity contribution in [3.8, 4) is 0 Å². The highest BCUT2D eigenvalue weighted by Gasteiger charge is 2.23. The summed E-state index contributed by atoms with van der Waals surface area (Å²) < 4.78 is 10.7. The van der Waals surface area contributed by atoms with Gasteiger partial charge in [0.1, 0.15) is 12.5 Å². The van der Waals surface area contributed by atoms with E-state index in [0.717, 1.165) is 32.5 Å². The average molecular weight is 318 g/mol. The molecule has 1 saturated heterocycles. The summed E-state index contributed by atoms with van der Waals surface area (Å²) in [5.41, 5.74) is 1.27. The van der Waals surface area contributed by atoms with Crippen molar-refractivity contribution in [2.45, 2.75) is 51.9 Å². The largest absolute Gasteiger partial charge is 0.478 e. The quantitative estimate of drug-likeness (QED) is 0.497. The van der Waals surface area contributed by atoms with Gasteiger partial charge < -0.3 is 9.47 Å². The number of nitrogens with zero attached hydrogens (tertiary/aromatic N) is 1. The van der Waals surface area contributed by atoms with Crippen LogP contribution < -0.4 is 0 Å². The van der Waals surface area contributed by atoms with Gasteiger partial charge in [0.05, 0.1) is 6.10 Å². The number of piperidine rings is 1. The Labute approximate surface area is 138 Å². The van der Waals surface area contributed by atoms with E-state index in [1.165, 1.54) is 5.56 Å². The number of likely N-dealkylation sites (tertiary alicyclic amines) is 1. The molecule has 1 fully saturated rings. The van der Waals surface area contributed by atoms with Crippen LogP contribution in [0.2, 0.25) is 0 Å². The molecular weight excluding hydrogens is 292 g/mol. The highest BCUT2D eigenvalue weighted by Crippen LogP contribution is 2.16. The first-order chi connectivity index (χ1) is 11.0. The maximum absolute atomic E-state index is 11.9. The zero-order chi connectivity index (χ0) is 16.7. The molecule has 1 aliphatic rings. The number of hydrogen-bond acceptors (Lipinski definition) is 5. The van der Waals surface area contributed by atoms with Crippen LogP contribution in [0, 0.1) is 5.41 Å². The first-order valence-corrected chi connectivity index (χ1v) is 8.23. The third-order valence-electron chi connectivity index (χ3n) is 3.69. The maximum atomic E-state index is 11.9. The molecule has 0 saturated carbocycles. The molecule has 0 amide bonds. The van der Waals surface area contributed by atoms with Gasteiger partial charge in [-0.1, -0.05) is 30.3 Å². The Kier molecular flexibility index (Phi) is 6.59. The standard InChI is InChI=1S/C18H26N2O3/c1-14(2)22-17(19)11-18(21)23-16-9-6-10-20(13-16)12-15-7-4-3-5-8-15/h3-5,7-8,14,16,19H,6,9-13H2,1-2H3. The summed E-state index contributed by atoms with van der Waals surface area (Å²) >= 11 is 0. The van der Waals surface area contributed by atoms with E-state index >= 15 is 0 Å². The lowest BCUT2D eigenvalue weighted by molar-refractivity contribution is -0.150. The number of ether oxygens (including phenoxy) is 2. The normalized spacial score (nSPS) is 18.7. The van der Waals surface area contributed by atoms with Crippen LogP contribution in [-0.4, -0.2) is 42.1 Å². The van der Waals surface area contributed by atoms with Crippen molar-refractivity contribution in [1.82, 2.24) is 4.90 Å². The first kappa shape index (κ1) is 17.5. The fourth-order valence-electron chi connectivity index (χ4n) is 2.78. The third-order valence-corrected chi connectivity index (χ3v) is 3.69. The van der Waals surface area contributed by atoms with Crippen molar-refractivity contribution in [2.24, 2.45) is 0 Å². The number of nitrogens with one attached hydrogen (secondary N) is 1. The molecule has 5 nitrogen and oxygen atoms in total. The first-order valence-electron chi connectivity index (χ1n) is 8.23. The van der Waals surface area contributed by atoms with Crippen molar-refractivity contribution < 1.29 is 14.3 Å². The molecule has 0 bridgehead atoms. The Bertz CT molecular complexity index is 516. The lowest BCUT2D eigenvalue weighted by atomic mass is 10.1. The second-order valence-corrected chi connectivity index (χ2v) is 6.24. The van der Waals surface area contributed by atoms with E-state index in [0.29, 0.717) is 0 Å². The molecule has 1 unspecified atom stereocenters. The van der Waals surface area contributed by atoms with Gasteiger partial charge in [0, 0.05) is 13.1 Å². The van der Waals surface area contributed by atoms with Crippen LogP contribution in [0.3, 0.4) is 0 Å². The summed E-state index contributed by atoms with van der Waals surface area (Å²) in [5.74, 6) is -0.399. The lowest BCUT2D eigenvalue weighted by Crippen LogP contribution is -2.40. The molecule has 0 spiro atoms. The Balaban J connectivity index is 1.77. The minimum atomic E-state index is -0.373.